The molecule has 0 radical (unpaired) electrons. The van der Waals surface area contributed by atoms with Crippen molar-refractivity contribution in [1.29, 1.82) is 0 Å². The number of hydrogen-bond donors (Lipinski definition) is 0. The zero-order valence-electron chi connectivity index (χ0n) is 12.0. The Morgan fingerprint density at radius 3 is 2.25 bits per heavy atom. The molecule has 0 unspecified atom stereocenters. The molecule has 4 nitrogen and oxygen atoms in total. The van der Waals surface area contributed by atoms with Gasteiger partial charge in [-0.25, -0.2) is 9.67 Å². The lowest BCUT2D eigenvalue weighted by molar-refractivity contribution is -0.137. The molecular weight excluding hydrogens is 337 g/mol. The van der Waals surface area contributed by atoms with Crippen LogP contribution in [0.5, 0.6) is 0 Å². The van der Waals surface area contributed by atoms with Crippen molar-refractivity contribution >= 4 is 23.1 Å². The van der Waals surface area contributed by atoms with Crippen molar-refractivity contribution in [2.45, 2.75) is 6.18 Å². The van der Waals surface area contributed by atoms with Gasteiger partial charge in [-0.2, -0.15) is 18.2 Å². The molecule has 1 aromatic heterocycles. The van der Waals surface area contributed by atoms with E-state index < -0.39 is 11.7 Å². The Hall–Kier alpha value is -2.83. The van der Waals surface area contributed by atoms with Gasteiger partial charge >= 0.3 is 6.18 Å². The highest BCUT2D eigenvalue weighted by molar-refractivity contribution is 7.78. The van der Waals surface area contributed by atoms with Gasteiger partial charge in [0.1, 0.15) is 6.33 Å². The average molecular weight is 346 g/mol. The molecule has 0 amide bonds. The van der Waals surface area contributed by atoms with Crippen LogP contribution in [-0.2, 0) is 6.18 Å². The molecule has 0 aliphatic heterocycles. The largest absolute Gasteiger partial charge is 0.416 e. The van der Waals surface area contributed by atoms with Gasteiger partial charge in [-0.15, -0.1) is 5.10 Å². The van der Waals surface area contributed by atoms with Crippen LogP contribution in [0.2, 0.25) is 0 Å². The summed E-state index contributed by atoms with van der Waals surface area (Å²) < 4.78 is 39.2. The summed E-state index contributed by atoms with van der Waals surface area (Å²) in [4.78, 5) is 8.02. The summed E-state index contributed by atoms with van der Waals surface area (Å²) in [5, 5.41) is 6.55. The summed E-state index contributed by atoms with van der Waals surface area (Å²) in [5.74, 6) is 0.452. The number of nitrogens with zero attached hydrogens (tertiary/aromatic N) is 4. The number of benzene rings is 2. The first-order chi connectivity index (χ1) is 11.5. The third-order valence-electron chi connectivity index (χ3n) is 3.25. The molecule has 24 heavy (non-hydrogen) atoms. The van der Waals surface area contributed by atoms with E-state index in [4.69, 9.17) is 0 Å². The van der Waals surface area contributed by atoms with E-state index in [0.29, 0.717) is 17.2 Å². The third kappa shape index (κ3) is 3.40. The Labute approximate surface area is 140 Å². The molecule has 3 rings (SSSR count). The van der Waals surface area contributed by atoms with E-state index in [2.05, 4.69) is 32.5 Å². The van der Waals surface area contributed by atoms with E-state index >= 15 is 0 Å². The molecule has 0 saturated carbocycles. The van der Waals surface area contributed by atoms with Crippen LogP contribution >= 0.6 is 12.2 Å². The van der Waals surface area contributed by atoms with Crippen molar-refractivity contribution in [1.82, 2.24) is 14.8 Å². The summed E-state index contributed by atoms with van der Waals surface area (Å²) in [6.45, 7) is 0. The van der Waals surface area contributed by atoms with Gasteiger partial charge in [-0.1, -0.05) is 0 Å². The van der Waals surface area contributed by atoms with Crippen LogP contribution in [0.15, 0.2) is 59.9 Å². The van der Waals surface area contributed by atoms with Crippen LogP contribution in [0.3, 0.4) is 0 Å². The fourth-order valence-corrected chi connectivity index (χ4v) is 2.17. The Morgan fingerprint density at radius 1 is 1.00 bits per heavy atom. The molecule has 0 N–H and O–H groups in total. The molecule has 2 aromatic carbocycles. The number of hydrogen-bond acceptors (Lipinski definition) is 4. The van der Waals surface area contributed by atoms with Crippen molar-refractivity contribution in [2.24, 2.45) is 4.99 Å². The molecule has 120 valence electrons. The van der Waals surface area contributed by atoms with Gasteiger partial charge in [0.15, 0.2) is 5.82 Å². The summed E-state index contributed by atoms with van der Waals surface area (Å²) in [6.07, 6.45) is -2.92. The molecular formula is C16H9F3N4S. The van der Waals surface area contributed by atoms with Gasteiger partial charge in [0.25, 0.3) is 0 Å². The van der Waals surface area contributed by atoms with Gasteiger partial charge in [0.2, 0.25) is 0 Å². The molecule has 0 aliphatic rings. The van der Waals surface area contributed by atoms with Crippen LogP contribution in [0.25, 0.3) is 17.1 Å². The number of halogens is 3. The molecule has 0 spiro atoms. The van der Waals surface area contributed by atoms with Gasteiger partial charge in [-0.05, 0) is 60.7 Å². The van der Waals surface area contributed by atoms with Crippen LogP contribution < -0.4 is 0 Å². The Balaban J connectivity index is 1.86. The van der Waals surface area contributed by atoms with E-state index in [9.17, 15) is 13.2 Å². The Bertz CT molecular complexity index is 892. The summed E-state index contributed by atoms with van der Waals surface area (Å²) in [5.41, 5.74) is 1.20. The standard InChI is InChI=1S/C16H9F3N4S/c17-16(18,19)12-3-7-14(8-4-12)23-9-20-15(22-23)11-1-5-13(6-2-11)21-10-24/h1-9H. The quantitative estimate of drug-likeness (QED) is 0.510. The zero-order chi connectivity index (χ0) is 17.2. The lowest BCUT2D eigenvalue weighted by Crippen LogP contribution is -2.05. The van der Waals surface area contributed by atoms with E-state index in [1.54, 1.807) is 24.3 Å². The first-order valence-electron chi connectivity index (χ1n) is 6.75. The lowest BCUT2D eigenvalue weighted by Gasteiger charge is -2.07. The maximum absolute atomic E-state index is 12.6. The van der Waals surface area contributed by atoms with E-state index in [-0.39, 0.29) is 0 Å². The maximum atomic E-state index is 12.6. The van der Waals surface area contributed by atoms with Crippen molar-refractivity contribution in [3.63, 3.8) is 0 Å². The fourth-order valence-electron chi connectivity index (χ4n) is 2.06. The van der Waals surface area contributed by atoms with E-state index in [1.165, 1.54) is 23.1 Å². The summed E-state index contributed by atoms with van der Waals surface area (Å²) in [7, 11) is 0. The molecule has 8 heteroatoms. The van der Waals surface area contributed by atoms with E-state index in [0.717, 1.165) is 17.7 Å². The highest BCUT2D eigenvalue weighted by atomic mass is 32.1. The van der Waals surface area contributed by atoms with Crippen molar-refractivity contribution < 1.29 is 13.2 Å². The number of rotatable bonds is 3. The Morgan fingerprint density at radius 2 is 1.67 bits per heavy atom. The van der Waals surface area contributed by atoms with Crippen LogP contribution in [-0.4, -0.2) is 19.9 Å². The summed E-state index contributed by atoms with van der Waals surface area (Å²) >= 11 is 4.53. The molecule has 0 bridgehead atoms. The number of isothiocyanates is 1. The zero-order valence-corrected chi connectivity index (χ0v) is 12.8. The number of alkyl halides is 3. The van der Waals surface area contributed by atoms with Gasteiger partial charge in [0, 0.05) is 5.56 Å². The second-order valence-corrected chi connectivity index (χ2v) is 4.99. The topological polar surface area (TPSA) is 43.1 Å². The lowest BCUT2D eigenvalue weighted by atomic mass is 10.2. The van der Waals surface area contributed by atoms with Crippen molar-refractivity contribution in [2.75, 3.05) is 0 Å². The monoisotopic (exact) mass is 346 g/mol. The van der Waals surface area contributed by atoms with Gasteiger partial charge in [0.05, 0.1) is 22.1 Å². The molecule has 0 fully saturated rings. The number of aromatic nitrogens is 3. The fraction of sp³-hybridized carbons (Fsp3) is 0.0625. The molecule has 0 atom stereocenters. The van der Waals surface area contributed by atoms with Gasteiger partial charge < -0.3 is 0 Å². The first kappa shape index (κ1) is 16.0. The molecule has 3 aromatic rings. The van der Waals surface area contributed by atoms with Crippen molar-refractivity contribution in [3.8, 4) is 17.1 Å². The minimum absolute atomic E-state index is 0.452. The van der Waals surface area contributed by atoms with Crippen LogP contribution in [0, 0.1) is 0 Å². The third-order valence-corrected chi connectivity index (χ3v) is 3.34. The molecule has 1 heterocycles. The van der Waals surface area contributed by atoms with Gasteiger partial charge in [-0.3, -0.25) is 0 Å². The number of aliphatic imine (C=N–C) groups is 1. The second kappa shape index (κ2) is 6.35. The van der Waals surface area contributed by atoms with E-state index in [1.807, 2.05) is 0 Å². The minimum atomic E-state index is -4.36. The minimum Gasteiger partial charge on any atom is -0.220 e. The highest BCUT2D eigenvalue weighted by Crippen LogP contribution is 2.29. The highest BCUT2D eigenvalue weighted by Gasteiger charge is 2.30. The SMILES string of the molecule is FC(F)(F)c1ccc(-n2cnc(-c3ccc(N=C=S)cc3)n2)cc1. The van der Waals surface area contributed by atoms with Crippen LogP contribution in [0.4, 0.5) is 18.9 Å². The average Bonchev–Trinajstić information content (AvgIpc) is 3.05. The normalized spacial score (nSPS) is 11.1. The molecule has 0 saturated heterocycles. The number of thiocarbonyl (C=S) groups is 1. The predicted molar refractivity (Wildman–Crippen MR) is 86.5 cm³/mol. The second-order valence-electron chi connectivity index (χ2n) is 4.81. The Kier molecular flexibility index (Phi) is 4.24. The predicted octanol–water partition coefficient (Wildman–Crippen LogP) is 4.69. The first-order valence-corrected chi connectivity index (χ1v) is 7.16. The summed E-state index contributed by atoms with van der Waals surface area (Å²) in [6, 6.07) is 11.7. The smallest absolute Gasteiger partial charge is 0.220 e. The van der Waals surface area contributed by atoms with Crippen LogP contribution in [0.1, 0.15) is 5.56 Å². The molecule has 0 aliphatic carbocycles. The van der Waals surface area contributed by atoms with Crippen molar-refractivity contribution in [3.05, 3.63) is 60.4 Å². The maximum Gasteiger partial charge on any atom is 0.416 e.